The molecule has 28 heavy (non-hydrogen) atoms. The fourth-order valence-electron chi connectivity index (χ4n) is 4.06. The van der Waals surface area contributed by atoms with Crippen LogP contribution in [-0.2, 0) is 23.8 Å². The highest BCUT2D eigenvalue weighted by Crippen LogP contribution is 2.41. The Morgan fingerprint density at radius 2 is 1.86 bits per heavy atom. The van der Waals surface area contributed by atoms with Crippen molar-refractivity contribution in [2.24, 2.45) is 0 Å². The molecule has 6 nitrogen and oxygen atoms in total. The highest BCUT2D eigenvalue weighted by molar-refractivity contribution is 6.01. The highest BCUT2D eigenvalue weighted by atomic mass is 16.5. The van der Waals surface area contributed by atoms with Gasteiger partial charge >= 0.3 is 5.97 Å². The Kier molecular flexibility index (Phi) is 6.07. The Balaban J connectivity index is 1.95. The number of carbonyl (C=O) groups is 2. The zero-order chi connectivity index (χ0) is 20.3. The van der Waals surface area contributed by atoms with Gasteiger partial charge in [0.15, 0.2) is 5.76 Å². The molecule has 0 aromatic rings. The third kappa shape index (κ3) is 3.63. The van der Waals surface area contributed by atoms with Gasteiger partial charge in [-0.1, -0.05) is 18.7 Å². The maximum absolute atomic E-state index is 13.2. The fraction of sp³-hybridized carbons (Fsp3) is 0.455. The minimum atomic E-state index is -0.483. The van der Waals surface area contributed by atoms with Crippen molar-refractivity contribution in [2.45, 2.75) is 44.6 Å². The number of amides is 1. The lowest BCUT2D eigenvalue weighted by Crippen LogP contribution is -2.39. The number of allylic oxidation sites excluding steroid dienone is 3. The maximum Gasteiger partial charge on any atom is 0.307 e. The van der Waals surface area contributed by atoms with E-state index in [1.807, 2.05) is 12.2 Å². The fourth-order valence-corrected chi connectivity index (χ4v) is 4.06. The number of carbonyl (C=O) groups excluding carboxylic acids is 2. The van der Waals surface area contributed by atoms with Crippen LogP contribution >= 0.6 is 0 Å². The number of rotatable bonds is 6. The van der Waals surface area contributed by atoms with Gasteiger partial charge in [-0.3, -0.25) is 9.59 Å². The Hall–Kier alpha value is -2.76. The average molecular weight is 385 g/mol. The molecule has 1 atom stereocenters. The van der Waals surface area contributed by atoms with Crippen LogP contribution in [0.4, 0.5) is 0 Å². The van der Waals surface area contributed by atoms with Crippen molar-refractivity contribution in [2.75, 3.05) is 21.3 Å². The van der Waals surface area contributed by atoms with Gasteiger partial charge in [-0.25, -0.2) is 0 Å². The van der Waals surface area contributed by atoms with Gasteiger partial charge in [-0.15, -0.1) is 0 Å². The monoisotopic (exact) mass is 385 g/mol. The molecule has 6 heteroatoms. The zero-order valence-corrected chi connectivity index (χ0v) is 16.7. The van der Waals surface area contributed by atoms with E-state index in [4.69, 9.17) is 14.2 Å². The molecule has 3 rings (SSSR count). The molecule has 0 saturated heterocycles. The third-order valence-corrected chi connectivity index (χ3v) is 5.56. The Labute approximate surface area is 165 Å². The molecule has 1 amide bonds. The van der Waals surface area contributed by atoms with E-state index in [0.717, 1.165) is 42.4 Å². The van der Waals surface area contributed by atoms with Gasteiger partial charge in [-0.2, -0.15) is 0 Å². The van der Waals surface area contributed by atoms with E-state index < -0.39 is 6.04 Å². The summed E-state index contributed by atoms with van der Waals surface area (Å²) in [7, 11) is 4.53. The van der Waals surface area contributed by atoms with E-state index in [-0.39, 0.29) is 18.3 Å². The molecule has 150 valence electrons. The molecule has 0 radical (unpaired) electrons. The lowest BCUT2D eigenvalue weighted by molar-refractivity contribution is -0.142. The standard InChI is InChI=1S/C22H27NO5/c1-14-16-7-5-6-8-17(16)22(25)23(14)18(13-21(24)28-4)15-9-11-19(26-2)20(27-3)12-10-15/h9-11,18H,1,5-8,12-13H2,2-4H3. The quantitative estimate of drug-likeness (QED) is 0.655. The Morgan fingerprint density at radius 1 is 1.14 bits per heavy atom. The molecule has 0 saturated carbocycles. The molecule has 0 aromatic heterocycles. The van der Waals surface area contributed by atoms with Crippen LogP contribution < -0.4 is 0 Å². The van der Waals surface area contributed by atoms with Crippen LogP contribution in [0.1, 0.15) is 38.5 Å². The van der Waals surface area contributed by atoms with Crippen LogP contribution in [0.5, 0.6) is 0 Å². The molecule has 0 fully saturated rings. The van der Waals surface area contributed by atoms with Crippen LogP contribution in [0.3, 0.4) is 0 Å². The summed E-state index contributed by atoms with van der Waals surface area (Å²) in [6, 6.07) is -0.483. The van der Waals surface area contributed by atoms with E-state index in [0.29, 0.717) is 23.6 Å². The first-order valence-corrected chi connectivity index (χ1v) is 9.52. The van der Waals surface area contributed by atoms with Crippen molar-refractivity contribution in [1.29, 1.82) is 0 Å². The molecular weight excluding hydrogens is 358 g/mol. The van der Waals surface area contributed by atoms with Crippen LogP contribution in [-0.4, -0.2) is 44.1 Å². The lowest BCUT2D eigenvalue weighted by atomic mass is 9.93. The van der Waals surface area contributed by atoms with Crippen molar-refractivity contribution >= 4 is 11.9 Å². The maximum atomic E-state index is 13.2. The molecule has 0 aromatic carbocycles. The molecule has 3 aliphatic rings. The minimum Gasteiger partial charge on any atom is -0.497 e. The van der Waals surface area contributed by atoms with Gasteiger partial charge in [-0.05, 0) is 42.9 Å². The van der Waals surface area contributed by atoms with Crippen molar-refractivity contribution < 1.29 is 23.8 Å². The van der Waals surface area contributed by atoms with Crippen molar-refractivity contribution in [3.63, 3.8) is 0 Å². The largest absolute Gasteiger partial charge is 0.497 e. The van der Waals surface area contributed by atoms with Gasteiger partial charge < -0.3 is 19.1 Å². The number of hydrogen-bond donors (Lipinski definition) is 0. The summed E-state index contributed by atoms with van der Waals surface area (Å²) in [6.45, 7) is 4.19. The first kappa shape index (κ1) is 20.0. The smallest absolute Gasteiger partial charge is 0.307 e. The van der Waals surface area contributed by atoms with Gasteiger partial charge in [0.05, 0.1) is 33.8 Å². The van der Waals surface area contributed by atoms with E-state index in [1.165, 1.54) is 7.11 Å². The van der Waals surface area contributed by atoms with Gasteiger partial charge in [0.25, 0.3) is 5.91 Å². The summed E-state index contributed by atoms with van der Waals surface area (Å²) in [4.78, 5) is 27.0. The first-order chi connectivity index (χ1) is 13.5. The normalized spacial score (nSPS) is 20.7. The lowest BCUT2D eigenvalue weighted by Gasteiger charge is -2.30. The molecular formula is C22H27NO5. The second kappa shape index (κ2) is 8.50. The summed E-state index contributed by atoms with van der Waals surface area (Å²) < 4.78 is 15.7. The molecule has 0 bridgehead atoms. The SMILES string of the molecule is C=C1C2=C(CCCC2)C(=O)N1C(CC(=O)OC)C1=CCC(OC)=C(OC)C=C1. The number of esters is 1. The number of methoxy groups -OCH3 is 3. The molecule has 1 aliphatic heterocycles. The third-order valence-electron chi connectivity index (χ3n) is 5.56. The molecule has 2 aliphatic carbocycles. The zero-order valence-electron chi connectivity index (χ0n) is 16.7. The molecule has 1 heterocycles. The summed E-state index contributed by atoms with van der Waals surface area (Å²) >= 11 is 0. The summed E-state index contributed by atoms with van der Waals surface area (Å²) in [5.41, 5.74) is 3.43. The second-order valence-electron chi connectivity index (χ2n) is 7.02. The van der Waals surface area contributed by atoms with Crippen molar-refractivity contribution in [1.82, 2.24) is 4.90 Å². The van der Waals surface area contributed by atoms with E-state index in [2.05, 4.69) is 6.58 Å². The van der Waals surface area contributed by atoms with Crippen molar-refractivity contribution in [3.05, 3.63) is 58.7 Å². The second-order valence-corrected chi connectivity index (χ2v) is 7.02. The molecule has 0 spiro atoms. The van der Waals surface area contributed by atoms with Crippen LogP contribution in [0.2, 0.25) is 0 Å². The molecule has 1 unspecified atom stereocenters. The van der Waals surface area contributed by atoms with Gasteiger partial charge in [0.2, 0.25) is 0 Å². The summed E-state index contributed by atoms with van der Waals surface area (Å²) in [5.74, 6) is 0.893. The topological polar surface area (TPSA) is 65.1 Å². The van der Waals surface area contributed by atoms with Crippen LogP contribution in [0, 0.1) is 0 Å². The van der Waals surface area contributed by atoms with Gasteiger partial charge in [0, 0.05) is 17.7 Å². The first-order valence-electron chi connectivity index (χ1n) is 9.52. The predicted octanol–water partition coefficient (Wildman–Crippen LogP) is 3.54. The van der Waals surface area contributed by atoms with Crippen molar-refractivity contribution in [3.8, 4) is 0 Å². The molecule has 0 N–H and O–H groups in total. The highest BCUT2D eigenvalue weighted by Gasteiger charge is 2.40. The van der Waals surface area contributed by atoms with E-state index in [1.54, 1.807) is 25.2 Å². The Morgan fingerprint density at radius 3 is 2.46 bits per heavy atom. The van der Waals surface area contributed by atoms with Gasteiger partial charge in [0.1, 0.15) is 5.76 Å². The van der Waals surface area contributed by atoms with Crippen LogP contribution in [0.25, 0.3) is 0 Å². The summed E-state index contributed by atoms with van der Waals surface area (Å²) in [6.07, 6.45) is 9.90. The number of ether oxygens (including phenoxy) is 3. The Bertz CT molecular complexity index is 787. The summed E-state index contributed by atoms with van der Waals surface area (Å²) in [5, 5.41) is 0. The van der Waals surface area contributed by atoms with E-state index in [9.17, 15) is 9.59 Å². The minimum absolute atomic E-state index is 0.0426. The van der Waals surface area contributed by atoms with E-state index >= 15 is 0 Å². The average Bonchev–Trinajstić information content (AvgIpc) is 2.87. The number of hydrogen-bond acceptors (Lipinski definition) is 5. The van der Waals surface area contributed by atoms with Crippen LogP contribution in [0.15, 0.2) is 58.7 Å². The number of nitrogens with zero attached hydrogens (tertiary/aromatic N) is 1. The predicted molar refractivity (Wildman–Crippen MR) is 105 cm³/mol.